The van der Waals surface area contributed by atoms with Gasteiger partial charge in [-0.3, -0.25) is 0 Å². The predicted octanol–water partition coefficient (Wildman–Crippen LogP) is 1.90. The summed E-state index contributed by atoms with van der Waals surface area (Å²) < 4.78 is 0. The zero-order valence-electron chi connectivity index (χ0n) is 5.31. The van der Waals surface area contributed by atoms with Crippen LogP contribution >= 0.6 is 11.6 Å². The molecule has 1 atom stereocenters. The van der Waals surface area contributed by atoms with Gasteiger partial charge in [0, 0.05) is 11.6 Å². The minimum Gasteiger partial charge on any atom is -0.396 e. The van der Waals surface area contributed by atoms with Gasteiger partial charge in [0.25, 0.3) is 0 Å². The van der Waals surface area contributed by atoms with Gasteiger partial charge in [-0.2, -0.15) is 0 Å². The Hall–Kier alpha value is -0.0100. The van der Waals surface area contributed by atoms with Crippen molar-refractivity contribution in [2.75, 3.05) is 6.61 Å². The van der Waals surface area contributed by atoms with Crippen molar-refractivity contribution in [3.05, 3.63) is 11.1 Å². The second kappa shape index (κ2) is 3.23. The van der Waals surface area contributed by atoms with Crippen LogP contribution in [0.4, 0.5) is 0 Å². The topological polar surface area (TPSA) is 20.2 Å². The lowest BCUT2D eigenvalue weighted by molar-refractivity contribution is 0.217. The molecule has 1 N–H and O–H groups in total. The molecule has 1 rings (SSSR count). The third kappa shape index (κ3) is 1.99. The fourth-order valence-electron chi connectivity index (χ4n) is 1.02. The largest absolute Gasteiger partial charge is 0.396 e. The molecule has 0 saturated heterocycles. The van der Waals surface area contributed by atoms with E-state index in [1.807, 2.05) is 6.08 Å². The standard InChI is InChI=1S/C7H11ClO/c8-7-3-1-6(5-9)2-4-7/h3,6,9H,1-2,4-5H2. The average Bonchev–Trinajstić information content (AvgIpc) is 1.90. The van der Waals surface area contributed by atoms with Crippen LogP contribution < -0.4 is 0 Å². The van der Waals surface area contributed by atoms with Gasteiger partial charge in [-0.05, 0) is 25.2 Å². The Labute approximate surface area is 60.3 Å². The summed E-state index contributed by atoms with van der Waals surface area (Å²) in [4.78, 5) is 0. The number of hydrogen-bond acceptors (Lipinski definition) is 1. The van der Waals surface area contributed by atoms with E-state index in [1.54, 1.807) is 0 Å². The predicted molar refractivity (Wildman–Crippen MR) is 38.4 cm³/mol. The monoisotopic (exact) mass is 146 g/mol. The Morgan fingerprint density at radius 3 is 3.00 bits per heavy atom. The molecule has 0 saturated carbocycles. The summed E-state index contributed by atoms with van der Waals surface area (Å²) in [5.74, 6) is 0.465. The summed E-state index contributed by atoms with van der Waals surface area (Å²) in [6, 6.07) is 0. The molecule has 1 nitrogen and oxygen atoms in total. The first-order chi connectivity index (χ1) is 4.33. The summed E-state index contributed by atoms with van der Waals surface area (Å²) in [6.07, 6.45) is 4.96. The highest BCUT2D eigenvalue weighted by Crippen LogP contribution is 2.24. The maximum Gasteiger partial charge on any atom is 0.0462 e. The van der Waals surface area contributed by atoms with E-state index in [2.05, 4.69) is 0 Å². The zero-order valence-corrected chi connectivity index (χ0v) is 6.06. The molecular formula is C7H11ClO. The Kier molecular flexibility index (Phi) is 2.55. The van der Waals surface area contributed by atoms with Gasteiger partial charge in [0.1, 0.15) is 0 Å². The van der Waals surface area contributed by atoms with Gasteiger partial charge < -0.3 is 5.11 Å². The normalized spacial score (nSPS) is 27.8. The van der Waals surface area contributed by atoms with E-state index in [-0.39, 0.29) is 0 Å². The van der Waals surface area contributed by atoms with Crippen molar-refractivity contribution >= 4 is 11.6 Å². The molecule has 0 fully saturated rings. The molecule has 0 aromatic carbocycles. The van der Waals surface area contributed by atoms with Crippen molar-refractivity contribution < 1.29 is 5.11 Å². The summed E-state index contributed by atoms with van der Waals surface area (Å²) in [6.45, 7) is 0.306. The first-order valence-electron chi connectivity index (χ1n) is 3.28. The van der Waals surface area contributed by atoms with Crippen LogP contribution in [-0.4, -0.2) is 11.7 Å². The molecule has 1 unspecified atom stereocenters. The van der Waals surface area contributed by atoms with Gasteiger partial charge in [0.2, 0.25) is 0 Å². The Morgan fingerprint density at radius 2 is 2.56 bits per heavy atom. The van der Waals surface area contributed by atoms with Crippen molar-refractivity contribution in [3.63, 3.8) is 0 Å². The van der Waals surface area contributed by atoms with Crippen LogP contribution in [0.1, 0.15) is 19.3 Å². The molecule has 0 amide bonds. The summed E-state index contributed by atoms with van der Waals surface area (Å²) in [5, 5.41) is 9.66. The van der Waals surface area contributed by atoms with Gasteiger partial charge in [-0.1, -0.05) is 17.7 Å². The molecule has 0 radical (unpaired) electrons. The van der Waals surface area contributed by atoms with Crippen molar-refractivity contribution in [1.82, 2.24) is 0 Å². The second-order valence-corrected chi connectivity index (χ2v) is 2.96. The number of rotatable bonds is 1. The number of aliphatic hydroxyl groups is 1. The highest BCUT2D eigenvalue weighted by Gasteiger charge is 2.11. The molecule has 52 valence electrons. The Balaban J connectivity index is 2.36. The van der Waals surface area contributed by atoms with Crippen molar-refractivity contribution in [2.24, 2.45) is 5.92 Å². The fourth-order valence-corrected chi connectivity index (χ4v) is 1.22. The minimum absolute atomic E-state index is 0.306. The zero-order chi connectivity index (χ0) is 6.69. The summed E-state index contributed by atoms with van der Waals surface area (Å²) in [5.41, 5.74) is 0. The molecule has 1 aliphatic rings. The molecule has 0 aliphatic heterocycles. The van der Waals surface area contributed by atoms with E-state index in [9.17, 15) is 0 Å². The van der Waals surface area contributed by atoms with Crippen molar-refractivity contribution in [3.8, 4) is 0 Å². The van der Waals surface area contributed by atoms with Gasteiger partial charge in [0.15, 0.2) is 0 Å². The van der Waals surface area contributed by atoms with Crippen LogP contribution in [0.2, 0.25) is 0 Å². The minimum atomic E-state index is 0.306. The third-order valence-electron chi connectivity index (χ3n) is 1.72. The van der Waals surface area contributed by atoms with Crippen LogP contribution in [-0.2, 0) is 0 Å². The lowest BCUT2D eigenvalue weighted by Gasteiger charge is -2.15. The summed E-state index contributed by atoms with van der Waals surface area (Å²) in [7, 11) is 0. The van der Waals surface area contributed by atoms with E-state index in [0.29, 0.717) is 12.5 Å². The van der Waals surface area contributed by atoms with Crippen molar-refractivity contribution in [1.29, 1.82) is 0 Å². The lowest BCUT2D eigenvalue weighted by Crippen LogP contribution is -2.07. The lowest BCUT2D eigenvalue weighted by atomic mass is 9.95. The van der Waals surface area contributed by atoms with E-state index in [0.717, 1.165) is 24.3 Å². The SMILES string of the molecule is OCC1CC=C(Cl)CC1. The first-order valence-corrected chi connectivity index (χ1v) is 3.66. The molecule has 2 heteroatoms. The maximum atomic E-state index is 8.70. The number of allylic oxidation sites excluding steroid dienone is 2. The van der Waals surface area contributed by atoms with Crippen molar-refractivity contribution in [2.45, 2.75) is 19.3 Å². The molecule has 0 bridgehead atoms. The van der Waals surface area contributed by atoms with E-state index in [1.165, 1.54) is 0 Å². The number of halogens is 1. The van der Waals surface area contributed by atoms with Gasteiger partial charge in [-0.25, -0.2) is 0 Å². The molecule has 1 aliphatic carbocycles. The Morgan fingerprint density at radius 1 is 1.78 bits per heavy atom. The first kappa shape index (κ1) is 7.10. The highest BCUT2D eigenvalue weighted by molar-refractivity contribution is 6.29. The van der Waals surface area contributed by atoms with Gasteiger partial charge in [0.05, 0.1) is 0 Å². The fraction of sp³-hybridized carbons (Fsp3) is 0.714. The summed E-state index contributed by atoms with van der Waals surface area (Å²) >= 11 is 5.72. The molecule has 9 heavy (non-hydrogen) atoms. The quantitative estimate of drug-likeness (QED) is 0.599. The molecular weight excluding hydrogens is 136 g/mol. The van der Waals surface area contributed by atoms with Crippen LogP contribution in [0.3, 0.4) is 0 Å². The van der Waals surface area contributed by atoms with E-state index < -0.39 is 0 Å². The van der Waals surface area contributed by atoms with E-state index in [4.69, 9.17) is 16.7 Å². The van der Waals surface area contributed by atoms with E-state index >= 15 is 0 Å². The molecule has 0 spiro atoms. The molecule has 0 aromatic rings. The number of aliphatic hydroxyl groups excluding tert-OH is 1. The van der Waals surface area contributed by atoms with Crippen LogP contribution in [0, 0.1) is 5.92 Å². The second-order valence-electron chi connectivity index (χ2n) is 2.47. The van der Waals surface area contributed by atoms with Gasteiger partial charge >= 0.3 is 0 Å². The maximum absolute atomic E-state index is 8.70. The number of hydrogen-bond donors (Lipinski definition) is 1. The smallest absolute Gasteiger partial charge is 0.0462 e. The van der Waals surface area contributed by atoms with Crippen LogP contribution in [0.25, 0.3) is 0 Å². The van der Waals surface area contributed by atoms with Crippen LogP contribution in [0.5, 0.6) is 0 Å². The average molecular weight is 147 g/mol. The van der Waals surface area contributed by atoms with Gasteiger partial charge in [-0.15, -0.1) is 0 Å². The van der Waals surface area contributed by atoms with Crippen LogP contribution in [0.15, 0.2) is 11.1 Å². The highest BCUT2D eigenvalue weighted by atomic mass is 35.5. The Bertz CT molecular complexity index is 120. The molecule has 0 heterocycles. The third-order valence-corrected chi connectivity index (χ3v) is 2.07. The molecule has 0 aromatic heterocycles.